The maximum absolute atomic E-state index is 12.8. The fourth-order valence-electron chi connectivity index (χ4n) is 3.36. The van der Waals surface area contributed by atoms with Crippen molar-refractivity contribution in [3.63, 3.8) is 0 Å². The highest BCUT2D eigenvalue weighted by Crippen LogP contribution is 2.36. The zero-order valence-electron chi connectivity index (χ0n) is 13.8. The number of halogens is 1. The van der Waals surface area contributed by atoms with Gasteiger partial charge in [-0.15, -0.1) is 0 Å². The molecule has 1 amide bonds. The molecule has 128 valence electrons. The number of methoxy groups -OCH3 is 1. The van der Waals surface area contributed by atoms with Gasteiger partial charge in [-0.2, -0.15) is 0 Å². The van der Waals surface area contributed by atoms with E-state index in [1.807, 2.05) is 24.3 Å². The number of carbonyl (C=O) groups excluding carboxylic acids is 1. The number of amides is 1. The predicted molar refractivity (Wildman–Crippen MR) is 92.4 cm³/mol. The topological polar surface area (TPSA) is 65.6 Å². The summed E-state index contributed by atoms with van der Waals surface area (Å²) in [5.41, 5.74) is 0.0596. The van der Waals surface area contributed by atoms with Gasteiger partial charge in [0.2, 0.25) is 0 Å². The maximum Gasteiger partial charge on any atom is 0.270 e. The van der Waals surface area contributed by atoms with Crippen LogP contribution in [0.2, 0.25) is 5.02 Å². The molecule has 1 fully saturated rings. The van der Waals surface area contributed by atoms with Crippen LogP contribution in [0.4, 0.5) is 0 Å². The third kappa shape index (κ3) is 3.01. The molecule has 0 aliphatic carbocycles. The molecule has 0 unspecified atom stereocenters. The van der Waals surface area contributed by atoms with E-state index in [2.05, 4.69) is 4.98 Å². The number of hydrogen-bond acceptors (Lipinski definition) is 3. The molecule has 0 saturated carbocycles. The standard InChI is InChI=1S/C18H21ClN2O3/c1-18(23,12-5-7-14(24-2)8-6-12)16-4-3-9-21(16)17(22)15-10-13(19)11-20-15/h5-8,10-11,16,20,23H,3-4,9H2,1-2H3/t16-,18+/m0/s1. The minimum absolute atomic E-state index is 0.141. The minimum atomic E-state index is -1.14. The molecular weight excluding hydrogens is 328 g/mol. The van der Waals surface area contributed by atoms with Gasteiger partial charge in [-0.1, -0.05) is 23.7 Å². The van der Waals surface area contributed by atoms with Gasteiger partial charge in [0.25, 0.3) is 5.91 Å². The molecule has 2 atom stereocenters. The zero-order chi connectivity index (χ0) is 17.3. The van der Waals surface area contributed by atoms with Crippen LogP contribution in [0.5, 0.6) is 5.75 Å². The second-order valence-electron chi connectivity index (χ2n) is 6.26. The third-order valence-electron chi connectivity index (χ3n) is 4.72. The van der Waals surface area contributed by atoms with Crippen molar-refractivity contribution in [2.75, 3.05) is 13.7 Å². The van der Waals surface area contributed by atoms with Crippen LogP contribution >= 0.6 is 11.6 Å². The summed E-state index contributed by atoms with van der Waals surface area (Å²) in [6.45, 7) is 2.37. The molecule has 1 aromatic carbocycles. The molecule has 0 spiro atoms. The zero-order valence-corrected chi connectivity index (χ0v) is 14.5. The first-order valence-corrected chi connectivity index (χ1v) is 8.33. The van der Waals surface area contributed by atoms with Crippen molar-refractivity contribution < 1.29 is 14.6 Å². The number of aromatic amines is 1. The Morgan fingerprint density at radius 3 is 2.71 bits per heavy atom. The number of ether oxygens (including phenoxy) is 1. The summed E-state index contributed by atoms with van der Waals surface area (Å²) < 4.78 is 5.16. The quantitative estimate of drug-likeness (QED) is 0.891. The number of aliphatic hydroxyl groups is 1. The van der Waals surface area contributed by atoms with Crippen molar-refractivity contribution in [1.82, 2.24) is 9.88 Å². The summed E-state index contributed by atoms with van der Waals surface area (Å²) in [5, 5.41) is 11.6. The number of benzene rings is 1. The lowest BCUT2D eigenvalue weighted by Crippen LogP contribution is -2.48. The van der Waals surface area contributed by atoms with Crippen LogP contribution in [0.3, 0.4) is 0 Å². The van der Waals surface area contributed by atoms with Crippen molar-refractivity contribution in [2.45, 2.75) is 31.4 Å². The van der Waals surface area contributed by atoms with E-state index in [0.29, 0.717) is 17.3 Å². The van der Waals surface area contributed by atoms with Crippen molar-refractivity contribution >= 4 is 17.5 Å². The van der Waals surface area contributed by atoms with Gasteiger partial charge in [0.05, 0.1) is 18.2 Å². The molecular formula is C18H21ClN2O3. The van der Waals surface area contributed by atoms with Crippen LogP contribution < -0.4 is 4.74 Å². The number of likely N-dealkylation sites (tertiary alicyclic amines) is 1. The Balaban J connectivity index is 1.86. The summed E-state index contributed by atoms with van der Waals surface area (Å²) in [4.78, 5) is 17.4. The van der Waals surface area contributed by atoms with Gasteiger partial charge in [-0.25, -0.2) is 0 Å². The summed E-state index contributed by atoms with van der Waals surface area (Å²) in [6.07, 6.45) is 3.19. The Hall–Kier alpha value is -1.98. The molecule has 1 aliphatic heterocycles. The van der Waals surface area contributed by atoms with E-state index in [4.69, 9.17) is 16.3 Å². The number of nitrogens with one attached hydrogen (secondary N) is 1. The summed E-state index contributed by atoms with van der Waals surface area (Å²) in [6, 6.07) is 8.63. The molecule has 2 heterocycles. The van der Waals surface area contributed by atoms with Gasteiger partial charge in [0.1, 0.15) is 17.0 Å². The highest BCUT2D eigenvalue weighted by molar-refractivity contribution is 6.30. The molecule has 1 aromatic heterocycles. The summed E-state index contributed by atoms with van der Waals surface area (Å²) in [7, 11) is 1.60. The van der Waals surface area contributed by atoms with Crippen molar-refractivity contribution in [2.24, 2.45) is 0 Å². The van der Waals surface area contributed by atoms with Crippen LogP contribution in [0, 0.1) is 0 Å². The van der Waals surface area contributed by atoms with E-state index >= 15 is 0 Å². The average molecular weight is 349 g/mol. The smallest absolute Gasteiger partial charge is 0.270 e. The molecule has 24 heavy (non-hydrogen) atoms. The average Bonchev–Trinajstić information content (AvgIpc) is 3.23. The number of aromatic nitrogens is 1. The molecule has 5 nitrogen and oxygen atoms in total. The molecule has 2 N–H and O–H groups in total. The van der Waals surface area contributed by atoms with Gasteiger partial charge < -0.3 is 19.7 Å². The number of hydrogen-bond donors (Lipinski definition) is 2. The second kappa shape index (κ2) is 6.49. The molecule has 1 saturated heterocycles. The van der Waals surface area contributed by atoms with Gasteiger partial charge in [0, 0.05) is 12.7 Å². The van der Waals surface area contributed by atoms with Crippen molar-refractivity contribution in [1.29, 1.82) is 0 Å². The van der Waals surface area contributed by atoms with Gasteiger partial charge in [-0.05, 0) is 43.5 Å². The van der Waals surface area contributed by atoms with E-state index in [9.17, 15) is 9.90 Å². The van der Waals surface area contributed by atoms with E-state index in [-0.39, 0.29) is 11.9 Å². The van der Waals surface area contributed by atoms with Crippen molar-refractivity contribution in [3.05, 3.63) is 52.8 Å². The Bertz CT molecular complexity index is 724. The summed E-state index contributed by atoms with van der Waals surface area (Å²) in [5.74, 6) is 0.591. The number of rotatable bonds is 4. The first kappa shape index (κ1) is 16.9. The molecule has 2 aromatic rings. The first-order valence-electron chi connectivity index (χ1n) is 7.95. The normalized spacial score (nSPS) is 20.0. The van der Waals surface area contributed by atoms with E-state index in [0.717, 1.165) is 24.2 Å². The van der Waals surface area contributed by atoms with E-state index < -0.39 is 5.60 Å². The molecule has 0 bridgehead atoms. The Morgan fingerprint density at radius 1 is 1.42 bits per heavy atom. The molecule has 3 rings (SSSR count). The van der Waals surface area contributed by atoms with Crippen LogP contribution in [0.1, 0.15) is 35.8 Å². The summed E-state index contributed by atoms with van der Waals surface area (Å²) >= 11 is 5.90. The SMILES string of the molecule is COc1ccc([C@@](C)(O)[C@@H]2CCCN2C(=O)c2cc(Cl)c[nH]2)cc1. The van der Waals surface area contributed by atoms with Gasteiger partial charge >= 0.3 is 0 Å². The lowest BCUT2D eigenvalue weighted by molar-refractivity contribution is -0.0178. The largest absolute Gasteiger partial charge is 0.497 e. The Morgan fingerprint density at radius 2 is 2.12 bits per heavy atom. The number of H-pyrrole nitrogens is 1. The monoisotopic (exact) mass is 348 g/mol. The lowest BCUT2D eigenvalue weighted by Gasteiger charge is -2.36. The van der Waals surface area contributed by atoms with Crippen LogP contribution in [0.25, 0.3) is 0 Å². The maximum atomic E-state index is 12.8. The lowest BCUT2D eigenvalue weighted by atomic mass is 9.86. The van der Waals surface area contributed by atoms with E-state index in [1.165, 1.54) is 0 Å². The Labute approximate surface area is 146 Å². The van der Waals surface area contributed by atoms with E-state index in [1.54, 1.807) is 31.2 Å². The highest BCUT2D eigenvalue weighted by Gasteiger charge is 2.43. The van der Waals surface area contributed by atoms with Crippen LogP contribution in [0.15, 0.2) is 36.5 Å². The molecule has 0 radical (unpaired) electrons. The number of carbonyl (C=O) groups is 1. The molecule has 6 heteroatoms. The fraction of sp³-hybridized carbons (Fsp3) is 0.389. The first-order chi connectivity index (χ1) is 11.4. The van der Waals surface area contributed by atoms with Crippen LogP contribution in [-0.2, 0) is 5.60 Å². The van der Waals surface area contributed by atoms with Crippen molar-refractivity contribution in [3.8, 4) is 5.75 Å². The Kier molecular flexibility index (Phi) is 4.56. The third-order valence-corrected chi connectivity index (χ3v) is 4.93. The van der Waals surface area contributed by atoms with Gasteiger partial charge in [0.15, 0.2) is 0 Å². The second-order valence-corrected chi connectivity index (χ2v) is 6.70. The fourth-order valence-corrected chi connectivity index (χ4v) is 3.52. The van der Waals surface area contributed by atoms with Gasteiger partial charge in [-0.3, -0.25) is 4.79 Å². The molecule has 1 aliphatic rings. The minimum Gasteiger partial charge on any atom is -0.497 e. The predicted octanol–water partition coefficient (Wildman–Crippen LogP) is 3.19. The highest BCUT2D eigenvalue weighted by atomic mass is 35.5. The number of nitrogens with zero attached hydrogens (tertiary/aromatic N) is 1. The van der Waals surface area contributed by atoms with Crippen LogP contribution in [-0.4, -0.2) is 40.6 Å².